The van der Waals surface area contributed by atoms with Crippen molar-refractivity contribution in [1.82, 2.24) is 15.5 Å². The van der Waals surface area contributed by atoms with E-state index in [2.05, 4.69) is 55.3 Å². The zero-order valence-electron chi connectivity index (χ0n) is 14.1. The third kappa shape index (κ3) is 3.89. The predicted molar refractivity (Wildman–Crippen MR) is 90.2 cm³/mol. The van der Waals surface area contributed by atoms with E-state index in [4.69, 9.17) is 4.74 Å². The minimum Gasteiger partial charge on any atom is -0.487 e. The number of para-hydroxylation sites is 1. The molecule has 1 aromatic heterocycles. The van der Waals surface area contributed by atoms with E-state index in [9.17, 15) is 0 Å². The average Bonchev–Trinajstić information content (AvgIpc) is 2.90. The lowest BCUT2D eigenvalue weighted by Crippen LogP contribution is -2.14. The first-order chi connectivity index (χ1) is 10.7. The highest BCUT2D eigenvalue weighted by Gasteiger charge is 2.13. The van der Waals surface area contributed by atoms with Gasteiger partial charge in [0.2, 0.25) is 0 Å². The van der Waals surface area contributed by atoms with Crippen molar-refractivity contribution in [1.29, 1.82) is 0 Å². The van der Waals surface area contributed by atoms with Crippen LogP contribution >= 0.6 is 0 Å². The summed E-state index contributed by atoms with van der Waals surface area (Å²) in [6, 6.07) is 8.30. The number of aromatic nitrogens is 2. The second-order valence-electron chi connectivity index (χ2n) is 5.69. The number of aromatic amines is 1. The molecule has 0 aliphatic heterocycles. The SMILES string of the molecule is CCNCc1c(COc2ccccc2C(C)CC)n[nH]c1C. The van der Waals surface area contributed by atoms with E-state index in [1.165, 1.54) is 11.1 Å². The van der Waals surface area contributed by atoms with Crippen LogP contribution in [0, 0.1) is 6.92 Å². The molecule has 0 saturated carbocycles. The number of benzene rings is 1. The standard InChI is InChI=1S/C18H27N3O/c1-5-13(3)15-9-7-8-10-18(15)22-12-17-16(11-19-6-2)14(4)20-21-17/h7-10,13,19H,5-6,11-12H2,1-4H3,(H,20,21). The van der Waals surface area contributed by atoms with Gasteiger partial charge in [-0.05, 0) is 37.4 Å². The van der Waals surface area contributed by atoms with Crippen molar-refractivity contribution in [3.63, 3.8) is 0 Å². The van der Waals surface area contributed by atoms with Crippen LogP contribution in [0.25, 0.3) is 0 Å². The minimum atomic E-state index is 0.498. The molecule has 1 aromatic carbocycles. The van der Waals surface area contributed by atoms with Crippen LogP contribution in [-0.4, -0.2) is 16.7 Å². The summed E-state index contributed by atoms with van der Waals surface area (Å²) in [5.74, 6) is 1.46. The van der Waals surface area contributed by atoms with Crippen LogP contribution in [0.4, 0.5) is 0 Å². The molecule has 2 N–H and O–H groups in total. The van der Waals surface area contributed by atoms with Gasteiger partial charge in [-0.15, -0.1) is 0 Å². The molecule has 4 nitrogen and oxygen atoms in total. The van der Waals surface area contributed by atoms with Crippen LogP contribution in [0.1, 0.15) is 55.6 Å². The molecular formula is C18H27N3O. The molecular weight excluding hydrogens is 274 g/mol. The molecule has 2 aromatic rings. The van der Waals surface area contributed by atoms with Gasteiger partial charge in [-0.2, -0.15) is 5.10 Å². The van der Waals surface area contributed by atoms with Crippen molar-refractivity contribution >= 4 is 0 Å². The zero-order valence-corrected chi connectivity index (χ0v) is 14.1. The molecule has 4 heteroatoms. The fraction of sp³-hybridized carbons (Fsp3) is 0.500. The van der Waals surface area contributed by atoms with Gasteiger partial charge in [0.1, 0.15) is 18.1 Å². The van der Waals surface area contributed by atoms with Crippen molar-refractivity contribution in [2.45, 2.75) is 53.2 Å². The van der Waals surface area contributed by atoms with Crippen molar-refractivity contribution in [2.75, 3.05) is 6.54 Å². The highest BCUT2D eigenvalue weighted by Crippen LogP contribution is 2.29. The maximum absolute atomic E-state index is 6.07. The summed E-state index contributed by atoms with van der Waals surface area (Å²) in [4.78, 5) is 0. The summed E-state index contributed by atoms with van der Waals surface area (Å²) >= 11 is 0. The van der Waals surface area contributed by atoms with Crippen LogP contribution in [0.3, 0.4) is 0 Å². The van der Waals surface area contributed by atoms with Gasteiger partial charge in [0.05, 0.1) is 0 Å². The quantitative estimate of drug-likeness (QED) is 0.777. The summed E-state index contributed by atoms with van der Waals surface area (Å²) in [6.45, 7) is 10.9. The molecule has 0 amide bonds. The Hall–Kier alpha value is -1.81. The number of H-pyrrole nitrogens is 1. The summed E-state index contributed by atoms with van der Waals surface area (Å²) in [5.41, 5.74) is 4.57. The van der Waals surface area contributed by atoms with Gasteiger partial charge < -0.3 is 10.1 Å². The largest absolute Gasteiger partial charge is 0.487 e. The lowest BCUT2D eigenvalue weighted by atomic mass is 9.98. The molecule has 22 heavy (non-hydrogen) atoms. The lowest BCUT2D eigenvalue weighted by Gasteiger charge is -2.15. The predicted octanol–water partition coefficient (Wildman–Crippen LogP) is 3.92. The van der Waals surface area contributed by atoms with Crippen molar-refractivity contribution in [3.05, 3.63) is 46.8 Å². The Labute approximate surface area is 133 Å². The zero-order chi connectivity index (χ0) is 15.9. The van der Waals surface area contributed by atoms with E-state index >= 15 is 0 Å². The van der Waals surface area contributed by atoms with Gasteiger partial charge >= 0.3 is 0 Å². The molecule has 1 heterocycles. The summed E-state index contributed by atoms with van der Waals surface area (Å²) in [5, 5.41) is 10.8. The summed E-state index contributed by atoms with van der Waals surface area (Å²) in [7, 11) is 0. The molecule has 0 saturated heterocycles. The molecule has 120 valence electrons. The third-order valence-electron chi connectivity index (χ3n) is 4.14. The first kappa shape index (κ1) is 16.6. The Bertz CT molecular complexity index is 592. The molecule has 2 rings (SSSR count). The molecule has 0 aliphatic carbocycles. The monoisotopic (exact) mass is 301 g/mol. The Morgan fingerprint density at radius 1 is 1.27 bits per heavy atom. The fourth-order valence-corrected chi connectivity index (χ4v) is 2.49. The number of hydrogen-bond donors (Lipinski definition) is 2. The van der Waals surface area contributed by atoms with Crippen molar-refractivity contribution < 1.29 is 4.74 Å². The van der Waals surface area contributed by atoms with Crippen LogP contribution in [0.5, 0.6) is 5.75 Å². The number of nitrogens with zero attached hydrogens (tertiary/aromatic N) is 1. The molecule has 0 aliphatic rings. The topological polar surface area (TPSA) is 49.9 Å². The Morgan fingerprint density at radius 2 is 2.05 bits per heavy atom. The van der Waals surface area contributed by atoms with E-state index in [1.54, 1.807) is 0 Å². The van der Waals surface area contributed by atoms with Crippen LogP contribution in [0.2, 0.25) is 0 Å². The second-order valence-corrected chi connectivity index (χ2v) is 5.69. The van der Waals surface area contributed by atoms with Gasteiger partial charge in [-0.1, -0.05) is 39.0 Å². The maximum Gasteiger partial charge on any atom is 0.132 e. The van der Waals surface area contributed by atoms with Crippen LogP contribution < -0.4 is 10.1 Å². The highest BCUT2D eigenvalue weighted by atomic mass is 16.5. The second kappa shape index (κ2) is 7.99. The summed E-state index contributed by atoms with van der Waals surface area (Å²) < 4.78 is 6.07. The van der Waals surface area contributed by atoms with Gasteiger partial charge in [0, 0.05) is 17.8 Å². The van der Waals surface area contributed by atoms with Gasteiger partial charge in [-0.25, -0.2) is 0 Å². The Balaban J connectivity index is 2.11. The average molecular weight is 301 g/mol. The van der Waals surface area contributed by atoms with E-state index in [1.807, 2.05) is 12.1 Å². The molecule has 0 spiro atoms. The van der Waals surface area contributed by atoms with Crippen molar-refractivity contribution in [3.8, 4) is 5.75 Å². The maximum atomic E-state index is 6.07. The first-order valence-corrected chi connectivity index (χ1v) is 8.12. The molecule has 0 fully saturated rings. The van der Waals surface area contributed by atoms with E-state index in [0.717, 1.165) is 36.6 Å². The molecule has 0 bridgehead atoms. The highest BCUT2D eigenvalue weighted by molar-refractivity contribution is 5.36. The number of rotatable bonds is 8. The Morgan fingerprint density at radius 3 is 2.77 bits per heavy atom. The molecule has 1 atom stereocenters. The number of ether oxygens (including phenoxy) is 1. The number of nitrogens with one attached hydrogen (secondary N) is 2. The normalized spacial score (nSPS) is 12.4. The van der Waals surface area contributed by atoms with E-state index < -0.39 is 0 Å². The smallest absolute Gasteiger partial charge is 0.132 e. The van der Waals surface area contributed by atoms with Crippen molar-refractivity contribution in [2.24, 2.45) is 0 Å². The Kier molecular flexibility index (Phi) is 6.01. The van der Waals surface area contributed by atoms with E-state index in [0.29, 0.717) is 12.5 Å². The molecule has 0 radical (unpaired) electrons. The minimum absolute atomic E-state index is 0.498. The third-order valence-corrected chi connectivity index (χ3v) is 4.14. The van der Waals surface area contributed by atoms with Gasteiger partial charge in [0.25, 0.3) is 0 Å². The van der Waals surface area contributed by atoms with Gasteiger partial charge in [-0.3, -0.25) is 5.10 Å². The van der Waals surface area contributed by atoms with Gasteiger partial charge in [0.15, 0.2) is 0 Å². The fourth-order valence-electron chi connectivity index (χ4n) is 2.49. The number of aryl methyl sites for hydroxylation is 1. The van der Waals surface area contributed by atoms with Crippen LogP contribution in [-0.2, 0) is 13.2 Å². The van der Waals surface area contributed by atoms with E-state index in [-0.39, 0.29) is 0 Å². The van der Waals surface area contributed by atoms with Crippen LogP contribution in [0.15, 0.2) is 24.3 Å². The lowest BCUT2D eigenvalue weighted by molar-refractivity contribution is 0.295. The first-order valence-electron chi connectivity index (χ1n) is 8.12. The number of hydrogen-bond acceptors (Lipinski definition) is 3. The summed E-state index contributed by atoms with van der Waals surface area (Å²) in [6.07, 6.45) is 1.10. The molecule has 1 unspecified atom stereocenters.